The van der Waals surface area contributed by atoms with E-state index in [1.165, 1.54) is 0 Å². The number of aliphatic hydroxyl groups excluding tert-OH is 7. The van der Waals surface area contributed by atoms with E-state index in [9.17, 15) is 28.9 Å². The van der Waals surface area contributed by atoms with Gasteiger partial charge in [0.15, 0.2) is 28.0 Å². The van der Waals surface area contributed by atoms with E-state index in [1.807, 2.05) is 0 Å². The van der Waals surface area contributed by atoms with Crippen molar-refractivity contribution < 1.29 is 68.1 Å². The minimum Gasteiger partial charge on any atom is -0.394 e. The molecule has 0 aromatic carbocycles. The number of aromatic nitrogens is 4. The lowest BCUT2D eigenvalue weighted by Gasteiger charge is -2.22. The van der Waals surface area contributed by atoms with Crippen molar-refractivity contribution in [3.63, 3.8) is 0 Å². The minimum absolute atomic E-state index is 0.0258. The zero-order valence-corrected chi connectivity index (χ0v) is 22.0. The fourth-order valence-electron chi connectivity index (χ4n) is 3.25. The number of hydrogen-bond donors (Lipinski definition) is 10. The van der Waals surface area contributed by atoms with Gasteiger partial charge in [0, 0.05) is 14.0 Å². The van der Waals surface area contributed by atoms with E-state index in [1.54, 1.807) is 0 Å². The van der Waals surface area contributed by atoms with Crippen LogP contribution in [0.2, 0.25) is 0 Å². The first-order chi connectivity index (χ1) is 19.3. The first-order valence-corrected chi connectivity index (χ1v) is 13.1. The number of imidazole rings is 1. The molecule has 23 nitrogen and oxygen atoms in total. The molecule has 0 bridgehead atoms. The number of nitrogen functional groups attached to an aromatic ring is 1. The molecule has 2 aromatic heterocycles. The smallest absolute Gasteiger partial charge is 0.394 e. The standard InChI is InChI=1S/C10H10N8O9P2.C6H12O6/c11-9-14-6-3(7(21)15-9)13-10(16-17-12)18(6)8-5(20)4(19)2(26-8)1-25-29(24)27-28(22)23;7-1-3(9)5(11)6(12)4(10)2-8/h2,4-5,8,19-20H,1H2,(H2-2,11,14,15,21,22,23);1,3-6,8-12H,2H2/p+2. The molecule has 1 fully saturated rings. The Hall–Kier alpha value is -3.11. The molecule has 10 unspecified atom stereocenters. The third-order valence-electron chi connectivity index (χ3n) is 5.18. The van der Waals surface area contributed by atoms with Crippen LogP contribution in [-0.4, -0.2) is 122 Å². The molecule has 3 heterocycles. The normalized spacial score (nSPS) is 23.9. The van der Waals surface area contributed by atoms with Crippen LogP contribution in [0.1, 0.15) is 6.23 Å². The highest BCUT2D eigenvalue weighted by Gasteiger charge is 2.48. The summed E-state index contributed by atoms with van der Waals surface area (Å²) in [5.41, 5.74) is 13.0. The van der Waals surface area contributed by atoms with E-state index in [0.29, 0.717) is 0 Å². The second kappa shape index (κ2) is 15.2. The van der Waals surface area contributed by atoms with E-state index >= 15 is 0 Å². The van der Waals surface area contributed by atoms with E-state index in [0.717, 1.165) is 4.57 Å². The Balaban J connectivity index is 0.000000415. The van der Waals surface area contributed by atoms with Crippen LogP contribution in [0, 0.1) is 0 Å². The summed E-state index contributed by atoms with van der Waals surface area (Å²) in [5.74, 6) is -0.702. The number of rotatable bonds is 12. The van der Waals surface area contributed by atoms with Crippen molar-refractivity contribution in [1.29, 1.82) is 0 Å². The second-order valence-electron chi connectivity index (χ2n) is 7.84. The Labute approximate surface area is 227 Å². The van der Waals surface area contributed by atoms with Gasteiger partial charge < -0.3 is 51.0 Å². The molecule has 0 spiro atoms. The van der Waals surface area contributed by atoms with Gasteiger partial charge in [-0.25, -0.2) is 4.98 Å². The molecule has 226 valence electrons. The number of nitrogens with one attached hydrogen (secondary N) is 1. The lowest BCUT2D eigenvalue weighted by molar-refractivity contribution is -0.136. The number of anilines is 1. The van der Waals surface area contributed by atoms with Crippen LogP contribution in [0.5, 0.6) is 0 Å². The topological polar surface area (TPSA) is 379 Å². The van der Waals surface area contributed by atoms with E-state index in [2.05, 4.69) is 33.8 Å². The number of hydrogen-bond acceptors (Lipinski definition) is 18. The van der Waals surface area contributed by atoms with Gasteiger partial charge >= 0.3 is 16.5 Å². The fourth-order valence-corrected chi connectivity index (χ4v) is 4.16. The van der Waals surface area contributed by atoms with Gasteiger partial charge in [0.2, 0.25) is 11.9 Å². The quantitative estimate of drug-likeness (QED) is 0.0353. The first-order valence-electron chi connectivity index (χ1n) is 10.8. The molecular weight excluding hydrogens is 606 g/mol. The van der Waals surface area contributed by atoms with Gasteiger partial charge in [0.05, 0.1) is 6.61 Å². The minimum atomic E-state index is -3.18. The van der Waals surface area contributed by atoms with E-state index < -0.39 is 90.2 Å². The van der Waals surface area contributed by atoms with Crippen LogP contribution in [0.4, 0.5) is 11.9 Å². The van der Waals surface area contributed by atoms with Gasteiger partial charge in [-0.2, -0.15) is 4.98 Å². The number of aliphatic hydroxyl groups is 7. The Morgan fingerprint density at radius 1 is 1.22 bits per heavy atom. The van der Waals surface area contributed by atoms with Crippen LogP contribution < -0.4 is 11.3 Å². The number of aldehydes is 1. The Kier molecular flexibility index (Phi) is 12.6. The largest absolute Gasteiger partial charge is 0.747 e. The number of carbonyl (C=O) groups excluding carboxylic acids is 1. The average molecular weight is 630 g/mol. The molecule has 3 rings (SSSR count). The molecule has 1 aliphatic rings. The summed E-state index contributed by atoms with van der Waals surface area (Å²) in [7, 11) is -6.17. The van der Waals surface area contributed by atoms with E-state index in [-0.39, 0.29) is 23.4 Å². The molecule has 1 saturated heterocycles. The van der Waals surface area contributed by atoms with Crippen LogP contribution in [0.25, 0.3) is 21.6 Å². The monoisotopic (exact) mass is 630 g/mol. The zero-order valence-electron chi connectivity index (χ0n) is 20.2. The van der Waals surface area contributed by atoms with Gasteiger partial charge in [-0.1, -0.05) is 0 Å². The van der Waals surface area contributed by atoms with Crippen LogP contribution in [0.15, 0.2) is 9.91 Å². The van der Waals surface area contributed by atoms with Gasteiger partial charge in [-0.05, 0) is 10.6 Å². The summed E-state index contributed by atoms with van der Waals surface area (Å²) in [6, 6.07) is 0. The third kappa shape index (κ3) is 8.45. The molecule has 1 aliphatic heterocycles. The molecule has 0 amide bonds. The summed E-state index contributed by atoms with van der Waals surface area (Å²) >= 11 is 0. The summed E-state index contributed by atoms with van der Waals surface area (Å²) in [4.78, 5) is 42.9. The van der Waals surface area contributed by atoms with Crippen molar-refractivity contribution in [2.75, 3.05) is 18.9 Å². The van der Waals surface area contributed by atoms with Gasteiger partial charge in [0.25, 0.3) is 5.56 Å². The predicted octanol–water partition coefficient (Wildman–Crippen LogP) is -3.78. The maximum atomic E-state index is 12.0. The van der Waals surface area contributed by atoms with E-state index in [4.69, 9.17) is 46.4 Å². The van der Waals surface area contributed by atoms with Crippen molar-refractivity contribution in [3.8, 4) is 0 Å². The molecule has 25 heteroatoms. The van der Waals surface area contributed by atoms with Crippen LogP contribution in [0.3, 0.4) is 0 Å². The maximum absolute atomic E-state index is 12.0. The molecule has 0 saturated carbocycles. The number of nitrogens with two attached hydrogens (primary N) is 1. The number of carbonyl (C=O) groups is 1. The molecule has 0 radical (unpaired) electrons. The molecular formula is C16H24N8O15P2+2. The highest BCUT2D eigenvalue weighted by Crippen LogP contribution is 2.39. The molecule has 2 aromatic rings. The lowest BCUT2D eigenvalue weighted by Crippen LogP contribution is -2.46. The number of H-pyrrole nitrogens is 1. The van der Waals surface area contributed by atoms with Gasteiger partial charge in [0.1, 0.15) is 49.3 Å². The van der Waals surface area contributed by atoms with Crippen molar-refractivity contribution in [1.82, 2.24) is 19.5 Å². The highest BCUT2D eigenvalue weighted by molar-refractivity contribution is 7.47. The number of aromatic amines is 1. The second-order valence-corrected chi connectivity index (χ2v) is 9.67. The predicted molar refractivity (Wildman–Crippen MR) is 129 cm³/mol. The average Bonchev–Trinajstić information content (AvgIpc) is 3.41. The molecule has 10 atom stereocenters. The lowest BCUT2D eigenvalue weighted by atomic mass is 10.0. The molecule has 41 heavy (non-hydrogen) atoms. The number of fused-ring (bicyclic) bond motifs is 1. The summed E-state index contributed by atoms with van der Waals surface area (Å²) in [6.07, 6.45) is -12.8. The Bertz CT molecular complexity index is 1350. The maximum Gasteiger partial charge on any atom is 0.747 e. The SMILES string of the molecule is O=CC(O)C(O)C(O)C(O)CO.[N-]=[N+]=Nc1nc2c(=O)[nH]c(N)nc2n1C1OC(CO[P+](=O)O[P+](=O)O)C(O)C1O. The van der Waals surface area contributed by atoms with Crippen molar-refractivity contribution >= 4 is 45.9 Å². The highest BCUT2D eigenvalue weighted by atomic mass is 31.2. The van der Waals surface area contributed by atoms with Crippen molar-refractivity contribution in [2.24, 2.45) is 5.11 Å². The van der Waals surface area contributed by atoms with Gasteiger partial charge in [-0.3, -0.25) is 14.3 Å². The third-order valence-corrected chi connectivity index (χ3v) is 6.63. The van der Waals surface area contributed by atoms with Crippen molar-refractivity contribution in [3.05, 3.63) is 20.8 Å². The van der Waals surface area contributed by atoms with Crippen LogP contribution in [-0.2, 0) is 27.5 Å². The fraction of sp³-hybridized carbons (Fsp3) is 0.625. The summed E-state index contributed by atoms with van der Waals surface area (Å²) in [5, 5.41) is 67.4. The van der Waals surface area contributed by atoms with Crippen molar-refractivity contribution in [2.45, 2.75) is 49.0 Å². The molecule has 0 aliphatic carbocycles. The van der Waals surface area contributed by atoms with Gasteiger partial charge in [-0.15, -0.1) is 9.42 Å². The summed E-state index contributed by atoms with van der Waals surface area (Å²) < 4.78 is 36.9. The van der Waals surface area contributed by atoms with Crippen LogP contribution >= 0.6 is 16.5 Å². The Morgan fingerprint density at radius 2 is 1.88 bits per heavy atom. The Morgan fingerprint density at radius 3 is 2.44 bits per heavy atom. The number of nitrogens with zero attached hydrogens (tertiary/aromatic N) is 6. The zero-order chi connectivity index (χ0) is 31.0. The number of ether oxygens (including phenoxy) is 1. The molecule has 11 N–H and O–H groups in total. The number of azide groups is 1. The summed E-state index contributed by atoms with van der Waals surface area (Å²) in [6.45, 7) is -1.36. The first kappa shape index (κ1) is 34.1.